The molecular formula is C31H39F5N4O3. The quantitative estimate of drug-likeness (QED) is 0.229. The second-order valence-corrected chi connectivity index (χ2v) is 10.3. The highest BCUT2D eigenvalue weighted by atomic mass is 19.4. The fourth-order valence-electron chi connectivity index (χ4n) is 5.47. The number of nitrogens with zero attached hydrogens (tertiary/aromatic N) is 3. The van der Waals surface area contributed by atoms with E-state index in [-0.39, 0.29) is 41.3 Å². The number of rotatable bonds is 10. The van der Waals surface area contributed by atoms with Crippen molar-refractivity contribution in [2.24, 2.45) is 0 Å². The fourth-order valence-corrected chi connectivity index (χ4v) is 5.47. The SMILES string of the molecule is C/C=C(\c1cc(OCCN2CCC3(CC2)C(=O)Nc2ccc(C(F)F)cc23)cnc1N(C=O)C(C)CC)C(F)(F)F.CC. The van der Waals surface area contributed by atoms with E-state index in [0.717, 1.165) is 6.08 Å². The molecule has 2 aliphatic rings. The van der Waals surface area contributed by atoms with Crippen molar-refractivity contribution in [3.63, 3.8) is 0 Å². The summed E-state index contributed by atoms with van der Waals surface area (Å²) in [5, 5.41) is 2.82. The predicted octanol–water partition coefficient (Wildman–Crippen LogP) is 7.14. The largest absolute Gasteiger partial charge is 0.491 e. The summed E-state index contributed by atoms with van der Waals surface area (Å²) < 4.78 is 73.9. The first-order valence-electron chi connectivity index (χ1n) is 14.5. The van der Waals surface area contributed by atoms with Crippen molar-refractivity contribution >= 4 is 29.4 Å². The molecule has 1 fully saturated rings. The van der Waals surface area contributed by atoms with Gasteiger partial charge in [0.1, 0.15) is 18.2 Å². The maximum Gasteiger partial charge on any atom is 0.416 e. The van der Waals surface area contributed by atoms with Crippen LogP contribution < -0.4 is 15.0 Å². The number of likely N-dealkylation sites (tertiary alicyclic amines) is 1. The van der Waals surface area contributed by atoms with Crippen LogP contribution in [0.3, 0.4) is 0 Å². The molecule has 0 bridgehead atoms. The summed E-state index contributed by atoms with van der Waals surface area (Å²) in [6.07, 6.45) is -3.19. The van der Waals surface area contributed by atoms with Gasteiger partial charge in [-0.3, -0.25) is 19.4 Å². The summed E-state index contributed by atoms with van der Waals surface area (Å²) in [4.78, 5) is 32.1. The molecule has 4 rings (SSSR count). The number of amides is 2. The van der Waals surface area contributed by atoms with Crippen molar-refractivity contribution in [3.8, 4) is 5.75 Å². The Balaban J connectivity index is 0.00000248. The number of fused-ring (bicyclic) bond motifs is 2. The maximum atomic E-state index is 13.9. The van der Waals surface area contributed by atoms with E-state index in [9.17, 15) is 31.5 Å². The number of hydrogen-bond acceptors (Lipinski definition) is 5. The van der Waals surface area contributed by atoms with Gasteiger partial charge >= 0.3 is 6.18 Å². The summed E-state index contributed by atoms with van der Waals surface area (Å²) in [5.41, 5.74) is -1.01. The first-order valence-corrected chi connectivity index (χ1v) is 14.5. The first kappa shape index (κ1) is 34.0. The maximum absolute atomic E-state index is 13.9. The number of hydrogen-bond donors (Lipinski definition) is 1. The molecule has 43 heavy (non-hydrogen) atoms. The van der Waals surface area contributed by atoms with Crippen molar-refractivity contribution in [3.05, 3.63) is 53.2 Å². The Labute approximate surface area is 249 Å². The predicted molar refractivity (Wildman–Crippen MR) is 156 cm³/mol. The lowest BCUT2D eigenvalue weighted by Gasteiger charge is -2.38. The third kappa shape index (κ3) is 7.17. The van der Waals surface area contributed by atoms with Crippen LogP contribution in [0.1, 0.15) is 77.0 Å². The molecule has 1 unspecified atom stereocenters. The zero-order chi connectivity index (χ0) is 31.9. The Kier molecular flexibility index (Phi) is 11.3. The highest BCUT2D eigenvalue weighted by molar-refractivity contribution is 6.06. The summed E-state index contributed by atoms with van der Waals surface area (Å²) >= 11 is 0. The topological polar surface area (TPSA) is 74.8 Å². The minimum atomic E-state index is -4.67. The highest BCUT2D eigenvalue weighted by Crippen LogP contribution is 2.46. The molecule has 7 nitrogen and oxygen atoms in total. The van der Waals surface area contributed by atoms with Crippen LogP contribution in [0.25, 0.3) is 5.57 Å². The molecular weight excluding hydrogens is 571 g/mol. The van der Waals surface area contributed by atoms with Crippen molar-refractivity contribution in [2.45, 2.75) is 77.9 Å². The molecule has 1 atom stereocenters. The van der Waals surface area contributed by atoms with E-state index < -0.39 is 23.6 Å². The summed E-state index contributed by atoms with van der Waals surface area (Å²) in [7, 11) is 0. The molecule has 1 N–H and O–H groups in total. The van der Waals surface area contributed by atoms with Crippen molar-refractivity contribution in [2.75, 3.05) is 36.5 Å². The molecule has 1 aromatic heterocycles. The Hall–Kier alpha value is -3.54. The summed E-state index contributed by atoms with van der Waals surface area (Å²) in [6, 6.07) is 5.13. The monoisotopic (exact) mass is 610 g/mol. The molecule has 3 heterocycles. The lowest BCUT2D eigenvalue weighted by atomic mass is 9.73. The van der Waals surface area contributed by atoms with Crippen molar-refractivity contribution in [1.29, 1.82) is 0 Å². The highest BCUT2D eigenvalue weighted by Gasteiger charge is 2.48. The Morgan fingerprint density at radius 1 is 1.21 bits per heavy atom. The van der Waals surface area contributed by atoms with Crippen LogP contribution in [0.15, 0.2) is 36.5 Å². The van der Waals surface area contributed by atoms with Crippen LogP contribution >= 0.6 is 0 Å². The van der Waals surface area contributed by atoms with Gasteiger partial charge in [-0.05, 0) is 70.0 Å². The van der Waals surface area contributed by atoms with E-state index in [2.05, 4.69) is 15.2 Å². The molecule has 0 radical (unpaired) electrons. The molecule has 2 aliphatic heterocycles. The molecule has 12 heteroatoms. The molecule has 0 saturated carbocycles. The van der Waals surface area contributed by atoms with E-state index >= 15 is 0 Å². The summed E-state index contributed by atoms with van der Waals surface area (Å²) in [6.45, 7) is 10.4. The number of ether oxygens (including phenoxy) is 1. The van der Waals surface area contributed by atoms with Gasteiger partial charge in [0.2, 0.25) is 12.3 Å². The average molecular weight is 611 g/mol. The molecule has 0 aliphatic carbocycles. The van der Waals surface area contributed by atoms with Gasteiger partial charge in [0.15, 0.2) is 0 Å². The molecule has 1 aromatic carbocycles. The van der Waals surface area contributed by atoms with Gasteiger partial charge in [-0.2, -0.15) is 13.2 Å². The second kappa shape index (κ2) is 14.3. The van der Waals surface area contributed by atoms with E-state index in [4.69, 9.17) is 4.74 Å². The Morgan fingerprint density at radius 2 is 1.88 bits per heavy atom. The number of nitrogens with one attached hydrogen (secondary N) is 1. The number of allylic oxidation sites excluding steroid dienone is 2. The number of alkyl halides is 5. The number of aromatic nitrogens is 1. The van der Waals surface area contributed by atoms with E-state index in [1.54, 1.807) is 6.92 Å². The smallest absolute Gasteiger partial charge is 0.416 e. The van der Waals surface area contributed by atoms with Gasteiger partial charge < -0.3 is 10.1 Å². The van der Waals surface area contributed by atoms with E-state index in [1.165, 1.54) is 42.3 Å². The molecule has 236 valence electrons. The van der Waals surface area contributed by atoms with Crippen molar-refractivity contribution < 1.29 is 36.3 Å². The number of pyridine rings is 1. The number of carbonyl (C=O) groups is 2. The van der Waals surface area contributed by atoms with Crippen LogP contribution in [0, 0.1) is 0 Å². The van der Waals surface area contributed by atoms with Crippen LogP contribution in [-0.4, -0.2) is 60.7 Å². The molecule has 1 spiro atoms. The fraction of sp³-hybridized carbons (Fsp3) is 0.516. The van der Waals surface area contributed by atoms with Gasteiger partial charge in [-0.1, -0.05) is 32.9 Å². The van der Waals surface area contributed by atoms with Crippen molar-refractivity contribution in [1.82, 2.24) is 9.88 Å². The lowest BCUT2D eigenvalue weighted by molar-refractivity contribution is -0.122. The third-order valence-corrected chi connectivity index (χ3v) is 8.03. The van der Waals surface area contributed by atoms with E-state index in [0.29, 0.717) is 56.6 Å². The zero-order valence-corrected chi connectivity index (χ0v) is 25.1. The first-order chi connectivity index (χ1) is 20.4. The summed E-state index contributed by atoms with van der Waals surface area (Å²) in [5.74, 6) is -0.169. The minimum absolute atomic E-state index is 0.0985. The van der Waals surface area contributed by atoms with E-state index in [1.807, 2.05) is 20.8 Å². The van der Waals surface area contributed by atoms with Gasteiger partial charge in [0.05, 0.1) is 17.2 Å². The van der Waals surface area contributed by atoms with Crippen LogP contribution in [0.2, 0.25) is 0 Å². The normalized spacial score (nSPS) is 17.2. The minimum Gasteiger partial charge on any atom is -0.491 e. The number of carbonyl (C=O) groups excluding carboxylic acids is 2. The van der Waals surface area contributed by atoms with Crippen LogP contribution in [0.4, 0.5) is 33.5 Å². The molecule has 2 amide bonds. The zero-order valence-electron chi connectivity index (χ0n) is 25.1. The number of benzene rings is 1. The molecule has 2 aromatic rings. The number of piperidine rings is 1. The lowest BCUT2D eigenvalue weighted by Crippen LogP contribution is -2.47. The van der Waals surface area contributed by atoms with Crippen LogP contribution in [-0.2, 0) is 15.0 Å². The van der Waals surface area contributed by atoms with Gasteiger partial charge in [0.25, 0.3) is 6.43 Å². The van der Waals surface area contributed by atoms with Gasteiger partial charge in [-0.15, -0.1) is 0 Å². The second-order valence-electron chi connectivity index (χ2n) is 10.3. The third-order valence-electron chi connectivity index (χ3n) is 8.03. The number of halogens is 5. The number of anilines is 2. The Morgan fingerprint density at radius 3 is 2.44 bits per heavy atom. The van der Waals surface area contributed by atoms with Crippen LogP contribution in [0.5, 0.6) is 5.75 Å². The Bertz CT molecular complexity index is 1310. The standard InChI is InChI=1S/C29H33F5N4O3.C2H6/c1-4-18(3)38(17-39)26-21(22(5-2)29(32,33)34)15-20(16-35-26)41-13-12-37-10-8-28(9-11-37)23-14-19(25(30)31)6-7-24(23)36-27(28)40;1-2/h5-7,14-18,25H,4,8-13H2,1-3H3,(H,36,40);1-2H3/b22-5+;. The average Bonchev–Trinajstić information content (AvgIpc) is 3.25. The van der Waals surface area contributed by atoms with Gasteiger partial charge in [0, 0.05) is 29.4 Å². The molecule has 1 saturated heterocycles. The van der Waals surface area contributed by atoms with Gasteiger partial charge in [-0.25, -0.2) is 13.8 Å².